The fraction of sp³-hybridized carbons (Fsp3) is 0. The molecule has 0 saturated heterocycles. The molecular formula is C24H15BrN2O. The van der Waals surface area contributed by atoms with E-state index in [0.717, 1.165) is 32.4 Å². The van der Waals surface area contributed by atoms with Gasteiger partial charge < -0.3 is 4.42 Å². The van der Waals surface area contributed by atoms with Crippen molar-refractivity contribution in [1.29, 1.82) is 0 Å². The Hall–Kier alpha value is -3.24. The quantitative estimate of drug-likeness (QED) is 0.287. The molecule has 0 saturated carbocycles. The van der Waals surface area contributed by atoms with Gasteiger partial charge in [0.05, 0.1) is 5.69 Å². The van der Waals surface area contributed by atoms with E-state index in [0.29, 0.717) is 5.89 Å². The molecule has 5 rings (SSSR count). The molecule has 134 valence electrons. The van der Waals surface area contributed by atoms with Crippen molar-refractivity contribution in [1.82, 2.24) is 4.98 Å². The first-order chi connectivity index (χ1) is 13.7. The summed E-state index contributed by atoms with van der Waals surface area (Å²) in [7, 11) is 0. The van der Waals surface area contributed by atoms with Crippen molar-refractivity contribution in [2.75, 3.05) is 0 Å². The molecule has 4 aromatic carbocycles. The van der Waals surface area contributed by atoms with E-state index < -0.39 is 0 Å². The van der Waals surface area contributed by atoms with Crippen molar-refractivity contribution >= 4 is 49.7 Å². The predicted octanol–water partition coefficient (Wildman–Crippen LogP) is 7.16. The van der Waals surface area contributed by atoms with Crippen molar-refractivity contribution < 1.29 is 4.42 Å². The van der Waals surface area contributed by atoms with Crippen LogP contribution in [0.4, 0.5) is 5.69 Å². The normalized spacial score (nSPS) is 11.6. The third-order valence-electron chi connectivity index (χ3n) is 4.58. The van der Waals surface area contributed by atoms with Gasteiger partial charge in [-0.15, -0.1) is 0 Å². The monoisotopic (exact) mass is 426 g/mol. The average Bonchev–Trinajstić information content (AvgIpc) is 3.15. The first-order valence-corrected chi connectivity index (χ1v) is 9.73. The third kappa shape index (κ3) is 3.35. The third-order valence-corrected chi connectivity index (χ3v) is 5.07. The molecule has 28 heavy (non-hydrogen) atoms. The Kier molecular flexibility index (Phi) is 4.26. The van der Waals surface area contributed by atoms with Gasteiger partial charge in [0.1, 0.15) is 5.52 Å². The zero-order chi connectivity index (χ0) is 18.9. The maximum atomic E-state index is 5.97. The number of oxazole rings is 1. The minimum absolute atomic E-state index is 0.619. The number of aliphatic imine (C=N–C) groups is 1. The zero-order valence-electron chi connectivity index (χ0n) is 14.8. The lowest BCUT2D eigenvalue weighted by Crippen LogP contribution is -1.80. The Morgan fingerprint density at radius 3 is 2.61 bits per heavy atom. The lowest BCUT2D eigenvalue weighted by Gasteiger charge is -1.99. The van der Waals surface area contributed by atoms with E-state index in [-0.39, 0.29) is 0 Å². The predicted molar refractivity (Wildman–Crippen MR) is 118 cm³/mol. The number of aromatic nitrogens is 1. The second-order valence-corrected chi connectivity index (χ2v) is 7.46. The molecule has 0 atom stereocenters. The number of rotatable bonds is 3. The number of fused-ring (bicyclic) bond motifs is 2. The van der Waals surface area contributed by atoms with Crippen molar-refractivity contribution in [2.24, 2.45) is 4.99 Å². The zero-order valence-corrected chi connectivity index (χ0v) is 16.4. The molecule has 0 radical (unpaired) electrons. The van der Waals surface area contributed by atoms with Gasteiger partial charge in [-0.05, 0) is 58.8 Å². The van der Waals surface area contributed by atoms with Gasteiger partial charge in [0.2, 0.25) is 5.89 Å². The van der Waals surface area contributed by atoms with Gasteiger partial charge in [-0.25, -0.2) is 4.98 Å². The van der Waals surface area contributed by atoms with Crippen molar-refractivity contribution in [3.8, 4) is 11.5 Å². The smallest absolute Gasteiger partial charge is 0.227 e. The molecule has 0 amide bonds. The number of halogens is 1. The molecule has 0 aliphatic heterocycles. The lowest BCUT2D eigenvalue weighted by atomic mass is 10.1. The lowest BCUT2D eigenvalue weighted by molar-refractivity contribution is 0.620. The van der Waals surface area contributed by atoms with Crippen LogP contribution in [0.5, 0.6) is 0 Å². The molecule has 4 heteroatoms. The van der Waals surface area contributed by atoms with Crippen LogP contribution in [-0.4, -0.2) is 11.2 Å². The average molecular weight is 427 g/mol. The Morgan fingerprint density at radius 2 is 1.71 bits per heavy atom. The summed E-state index contributed by atoms with van der Waals surface area (Å²) in [5.41, 5.74) is 4.39. The van der Waals surface area contributed by atoms with Crippen LogP contribution in [0.25, 0.3) is 33.3 Å². The topological polar surface area (TPSA) is 38.4 Å². The second kappa shape index (κ2) is 7.06. The van der Waals surface area contributed by atoms with Crippen LogP contribution in [0.15, 0.2) is 98.8 Å². The van der Waals surface area contributed by atoms with Crippen LogP contribution < -0.4 is 0 Å². The fourth-order valence-corrected chi connectivity index (χ4v) is 3.59. The minimum atomic E-state index is 0.619. The molecule has 0 aliphatic rings. The molecular weight excluding hydrogens is 412 g/mol. The van der Waals surface area contributed by atoms with Crippen LogP contribution in [0.3, 0.4) is 0 Å². The maximum Gasteiger partial charge on any atom is 0.227 e. The van der Waals surface area contributed by atoms with E-state index in [1.165, 1.54) is 10.8 Å². The molecule has 0 bridgehead atoms. The Labute approximate surface area is 170 Å². The number of benzene rings is 4. The largest absolute Gasteiger partial charge is 0.436 e. The highest BCUT2D eigenvalue weighted by Gasteiger charge is 2.09. The van der Waals surface area contributed by atoms with Crippen LogP contribution in [-0.2, 0) is 0 Å². The van der Waals surface area contributed by atoms with Crippen molar-refractivity contribution in [3.63, 3.8) is 0 Å². The fourth-order valence-electron chi connectivity index (χ4n) is 3.18. The van der Waals surface area contributed by atoms with Gasteiger partial charge in [-0.2, -0.15) is 0 Å². The van der Waals surface area contributed by atoms with Gasteiger partial charge in [0.25, 0.3) is 0 Å². The van der Waals surface area contributed by atoms with Gasteiger partial charge in [0, 0.05) is 16.3 Å². The number of hydrogen-bond donors (Lipinski definition) is 0. The molecule has 0 spiro atoms. The molecule has 5 aromatic rings. The highest BCUT2D eigenvalue weighted by atomic mass is 79.9. The Morgan fingerprint density at radius 1 is 0.821 bits per heavy atom. The van der Waals surface area contributed by atoms with Crippen LogP contribution in [0.2, 0.25) is 0 Å². The van der Waals surface area contributed by atoms with Gasteiger partial charge in [0.15, 0.2) is 5.58 Å². The molecule has 0 fully saturated rings. The van der Waals surface area contributed by atoms with Crippen LogP contribution in [0, 0.1) is 0 Å². The Balaban J connectivity index is 1.49. The van der Waals surface area contributed by atoms with Gasteiger partial charge in [-0.3, -0.25) is 4.99 Å². The summed E-state index contributed by atoms with van der Waals surface area (Å²) in [4.78, 5) is 9.23. The molecule has 0 N–H and O–H groups in total. The van der Waals surface area contributed by atoms with E-state index in [1.807, 2.05) is 66.9 Å². The highest BCUT2D eigenvalue weighted by molar-refractivity contribution is 9.10. The summed E-state index contributed by atoms with van der Waals surface area (Å²) in [5.74, 6) is 0.619. The highest BCUT2D eigenvalue weighted by Crippen LogP contribution is 2.29. The maximum absolute atomic E-state index is 5.97. The van der Waals surface area contributed by atoms with E-state index in [4.69, 9.17) is 4.42 Å². The van der Waals surface area contributed by atoms with Crippen molar-refractivity contribution in [2.45, 2.75) is 0 Å². The number of nitrogens with zero attached hydrogens (tertiary/aromatic N) is 2. The SMILES string of the molecule is Brc1cccc(C=Nc2ccc3oc(-c4ccc5ccccc5c4)nc3c2)c1. The van der Waals surface area contributed by atoms with E-state index in [1.54, 1.807) is 0 Å². The summed E-state index contributed by atoms with van der Waals surface area (Å²) in [6.07, 6.45) is 1.84. The van der Waals surface area contributed by atoms with E-state index in [2.05, 4.69) is 50.2 Å². The first kappa shape index (κ1) is 16.9. The van der Waals surface area contributed by atoms with Crippen LogP contribution >= 0.6 is 15.9 Å². The summed E-state index contributed by atoms with van der Waals surface area (Å²) in [5, 5.41) is 2.37. The second-order valence-electron chi connectivity index (χ2n) is 6.55. The molecule has 0 aliphatic carbocycles. The minimum Gasteiger partial charge on any atom is -0.436 e. The molecule has 0 unspecified atom stereocenters. The molecule has 1 aromatic heterocycles. The summed E-state index contributed by atoms with van der Waals surface area (Å²) in [6, 6.07) is 28.3. The van der Waals surface area contributed by atoms with Crippen LogP contribution in [0.1, 0.15) is 5.56 Å². The number of hydrogen-bond acceptors (Lipinski definition) is 3. The first-order valence-electron chi connectivity index (χ1n) is 8.94. The summed E-state index contributed by atoms with van der Waals surface area (Å²) >= 11 is 3.48. The van der Waals surface area contributed by atoms with E-state index in [9.17, 15) is 0 Å². The molecule has 1 heterocycles. The molecule has 3 nitrogen and oxygen atoms in total. The van der Waals surface area contributed by atoms with Crippen molar-refractivity contribution in [3.05, 3.63) is 95.0 Å². The summed E-state index contributed by atoms with van der Waals surface area (Å²) in [6.45, 7) is 0. The standard InChI is InChI=1S/C24H15BrN2O/c25-20-7-3-4-16(12-20)15-26-21-10-11-23-22(14-21)27-24(28-23)19-9-8-17-5-1-2-6-18(17)13-19/h1-15H. The van der Waals surface area contributed by atoms with Gasteiger partial charge >= 0.3 is 0 Å². The van der Waals surface area contributed by atoms with E-state index >= 15 is 0 Å². The summed E-state index contributed by atoms with van der Waals surface area (Å²) < 4.78 is 7.00. The Bertz CT molecular complexity index is 1340. The van der Waals surface area contributed by atoms with Gasteiger partial charge in [-0.1, -0.05) is 58.4 Å².